The fourth-order valence-corrected chi connectivity index (χ4v) is 7.67. The highest BCUT2D eigenvalue weighted by molar-refractivity contribution is 7.99. The van der Waals surface area contributed by atoms with Crippen LogP contribution >= 0.6 is 11.8 Å². The molecule has 3 atom stereocenters. The van der Waals surface area contributed by atoms with E-state index >= 15 is 0 Å². The maximum absolute atomic E-state index is 11.9. The molecule has 0 spiro atoms. The van der Waals surface area contributed by atoms with E-state index in [4.69, 9.17) is 0 Å². The number of aliphatic carboxylic acids is 1. The fourth-order valence-electron chi connectivity index (χ4n) is 6.26. The van der Waals surface area contributed by atoms with Gasteiger partial charge in [0.15, 0.2) is 0 Å². The summed E-state index contributed by atoms with van der Waals surface area (Å²) in [4.78, 5) is 13.1. The number of benzene rings is 2. The highest BCUT2D eigenvalue weighted by Crippen LogP contribution is 2.52. The number of fused-ring (bicyclic) bond motifs is 1. The molecular weight excluding hydrogens is 492 g/mol. The Kier molecular flexibility index (Phi) is 11.4. The van der Waals surface area contributed by atoms with Crippen molar-refractivity contribution in [2.75, 3.05) is 5.75 Å². The second-order valence-electron chi connectivity index (χ2n) is 11.6. The van der Waals surface area contributed by atoms with E-state index in [1.807, 2.05) is 30.8 Å². The van der Waals surface area contributed by atoms with Gasteiger partial charge in [0, 0.05) is 16.1 Å². The lowest BCUT2D eigenvalue weighted by Crippen LogP contribution is -2.36. The molecule has 210 valence electrons. The number of rotatable bonds is 16. The van der Waals surface area contributed by atoms with Crippen molar-refractivity contribution in [2.24, 2.45) is 5.41 Å². The average Bonchev–Trinajstić information content (AvgIpc) is 2.90. The average molecular weight is 541 g/mol. The van der Waals surface area contributed by atoms with Crippen LogP contribution in [0, 0.1) is 5.41 Å². The van der Waals surface area contributed by atoms with Crippen LogP contribution in [0.25, 0.3) is 0 Å². The topological polar surface area (TPSA) is 77.8 Å². The third-order valence-electron chi connectivity index (χ3n) is 8.98. The van der Waals surface area contributed by atoms with Gasteiger partial charge in [0.05, 0.1) is 5.41 Å². The Morgan fingerprint density at radius 1 is 0.895 bits per heavy atom. The highest BCUT2D eigenvalue weighted by atomic mass is 32.2. The van der Waals surface area contributed by atoms with Crippen LogP contribution in [0.4, 0.5) is 0 Å². The van der Waals surface area contributed by atoms with Gasteiger partial charge in [-0.2, -0.15) is 0 Å². The Morgan fingerprint density at radius 2 is 1.50 bits per heavy atom. The van der Waals surface area contributed by atoms with E-state index in [1.54, 1.807) is 12.1 Å². The molecule has 3 N–H and O–H groups in total. The van der Waals surface area contributed by atoms with Crippen molar-refractivity contribution in [1.82, 2.24) is 0 Å². The number of unbranched alkanes of at least 4 members (excludes halogenated alkanes) is 7. The van der Waals surface area contributed by atoms with Gasteiger partial charge in [-0.1, -0.05) is 96.8 Å². The van der Waals surface area contributed by atoms with E-state index in [0.29, 0.717) is 17.4 Å². The van der Waals surface area contributed by atoms with Gasteiger partial charge in [0.1, 0.15) is 11.5 Å². The number of aromatic hydroxyl groups is 2. The Labute approximate surface area is 234 Å². The standard InChI is InChI=1S/C33H48O4S/c1-4-6-21-33(5-2,31(36)37)22-13-11-9-7-8-10-12-14-29-28-20-19-27(35)23-30(28)38-24-32(29,3)25-15-17-26(34)18-16-25/h15-20,23,29,34-35H,4-14,21-22,24H2,1-3H3,(H,36,37). The van der Waals surface area contributed by atoms with Crippen LogP contribution in [0.15, 0.2) is 47.4 Å². The van der Waals surface area contributed by atoms with Gasteiger partial charge >= 0.3 is 5.97 Å². The number of hydrogen-bond acceptors (Lipinski definition) is 4. The van der Waals surface area contributed by atoms with E-state index in [2.05, 4.69) is 32.0 Å². The van der Waals surface area contributed by atoms with E-state index in [9.17, 15) is 20.1 Å². The van der Waals surface area contributed by atoms with Crippen LogP contribution in [0.5, 0.6) is 11.5 Å². The Hall–Kier alpha value is -2.14. The summed E-state index contributed by atoms with van der Waals surface area (Å²) >= 11 is 1.82. The number of carboxylic acids is 1. The zero-order valence-electron chi connectivity index (χ0n) is 23.7. The molecule has 0 amide bonds. The molecule has 0 saturated carbocycles. The highest BCUT2D eigenvalue weighted by Gasteiger charge is 2.41. The molecule has 2 aromatic rings. The van der Waals surface area contributed by atoms with Gasteiger partial charge in [-0.05, 0) is 67.0 Å². The van der Waals surface area contributed by atoms with Crippen LogP contribution in [0.2, 0.25) is 0 Å². The normalized spacial score (nSPS) is 20.6. The number of carboxylic acid groups (broad SMARTS) is 1. The van der Waals surface area contributed by atoms with Gasteiger partial charge < -0.3 is 15.3 Å². The van der Waals surface area contributed by atoms with Crippen LogP contribution < -0.4 is 0 Å². The molecule has 1 aliphatic heterocycles. The summed E-state index contributed by atoms with van der Waals surface area (Å²) in [5.74, 6) is 1.34. The molecule has 1 heterocycles. The number of phenols is 2. The molecule has 0 aromatic heterocycles. The van der Waals surface area contributed by atoms with Crippen molar-refractivity contribution in [2.45, 2.75) is 120 Å². The molecule has 5 heteroatoms. The Morgan fingerprint density at radius 3 is 2.13 bits per heavy atom. The van der Waals surface area contributed by atoms with Crippen LogP contribution in [-0.2, 0) is 10.2 Å². The van der Waals surface area contributed by atoms with Crippen molar-refractivity contribution in [3.63, 3.8) is 0 Å². The summed E-state index contributed by atoms with van der Waals surface area (Å²) in [6, 6.07) is 13.5. The molecule has 0 radical (unpaired) electrons. The van der Waals surface area contributed by atoms with Crippen LogP contribution in [0.3, 0.4) is 0 Å². The van der Waals surface area contributed by atoms with Gasteiger partial charge in [-0.3, -0.25) is 4.79 Å². The summed E-state index contributed by atoms with van der Waals surface area (Å²) in [6.07, 6.45) is 13.6. The molecule has 3 rings (SSSR count). The zero-order chi connectivity index (χ0) is 27.6. The molecule has 0 bridgehead atoms. The minimum atomic E-state index is -0.606. The summed E-state index contributed by atoms with van der Waals surface area (Å²) < 4.78 is 0. The number of thioether (sulfide) groups is 1. The summed E-state index contributed by atoms with van der Waals surface area (Å²) in [6.45, 7) is 6.51. The lowest BCUT2D eigenvalue weighted by molar-refractivity contribution is -0.150. The number of carbonyl (C=O) groups is 1. The van der Waals surface area contributed by atoms with E-state index in [-0.39, 0.29) is 5.41 Å². The third-order valence-corrected chi connectivity index (χ3v) is 10.4. The Bertz CT molecular complexity index is 1020. The maximum Gasteiger partial charge on any atom is 0.309 e. The first-order chi connectivity index (χ1) is 18.3. The van der Waals surface area contributed by atoms with E-state index in [1.165, 1.54) is 41.7 Å². The van der Waals surface area contributed by atoms with Crippen molar-refractivity contribution in [1.29, 1.82) is 0 Å². The minimum Gasteiger partial charge on any atom is -0.508 e. The number of phenolic OH excluding ortho intramolecular Hbond substituents is 2. The second kappa shape index (κ2) is 14.3. The van der Waals surface area contributed by atoms with E-state index < -0.39 is 11.4 Å². The molecular formula is C33H48O4S. The molecule has 0 saturated heterocycles. The first kappa shape index (κ1) is 30.4. The quantitative estimate of drug-likeness (QED) is 0.185. The molecule has 1 aliphatic rings. The smallest absolute Gasteiger partial charge is 0.309 e. The Balaban J connectivity index is 1.49. The molecule has 38 heavy (non-hydrogen) atoms. The fraction of sp³-hybridized carbons (Fsp3) is 0.606. The third kappa shape index (κ3) is 7.49. The first-order valence-corrected chi connectivity index (χ1v) is 15.7. The predicted octanol–water partition coefficient (Wildman–Crippen LogP) is 9.43. The minimum absolute atomic E-state index is 0.0317. The molecule has 0 fully saturated rings. The van der Waals surface area contributed by atoms with Gasteiger partial charge in [-0.15, -0.1) is 11.8 Å². The zero-order valence-corrected chi connectivity index (χ0v) is 24.5. The van der Waals surface area contributed by atoms with Crippen molar-refractivity contribution in [3.05, 3.63) is 53.6 Å². The molecule has 0 aliphatic carbocycles. The molecule has 2 aromatic carbocycles. The SMILES string of the molecule is CCCCC(CC)(CCCCCCCCCC1c2ccc(O)cc2SCC1(C)c1ccc(O)cc1)C(=O)O. The van der Waals surface area contributed by atoms with Crippen LogP contribution in [-0.4, -0.2) is 27.0 Å². The van der Waals surface area contributed by atoms with Crippen LogP contribution in [0.1, 0.15) is 121 Å². The number of hydrogen-bond donors (Lipinski definition) is 3. The molecule has 3 unspecified atom stereocenters. The van der Waals surface area contributed by atoms with Crippen molar-refractivity contribution < 1.29 is 20.1 Å². The lowest BCUT2D eigenvalue weighted by atomic mass is 9.68. The van der Waals surface area contributed by atoms with Crippen molar-refractivity contribution >= 4 is 17.7 Å². The van der Waals surface area contributed by atoms with Gasteiger partial charge in [-0.25, -0.2) is 0 Å². The lowest BCUT2D eigenvalue weighted by Gasteiger charge is -2.43. The largest absolute Gasteiger partial charge is 0.508 e. The first-order valence-electron chi connectivity index (χ1n) is 14.7. The van der Waals surface area contributed by atoms with Gasteiger partial charge in [0.2, 0.25) is 0 Å². The maximum atomic E-state index is 11.9. The monoisotopic (exact) mass is 540 g/mol. The second-order valence-corrected chi connectivity index (χ2v) is 12.6. The van der Waals surface area contributed by atoms with Gasteiger partial charge in [0.25, 0.3) is 0 Å². The summed E-state index contributed by atoms with van der Waals surface area (Å²) in [5.41, 5.74) is 2.03. The summed E-state index contributed by atoms with van der Waals surface area (Å²) in [7, 11) is 0. The molecule has 4 nitrogen and oxygen atoms in total. The predicted molar refractivity (Wildman–Crippen MR) is 158 cm³/mol. The van der Waals surface area contributed by atoms with Crippen molar-refractivity contribution in [3.8, 4) is 11.5 Å². The summed E-state index contributed by atoms with van der Waals surface area (Å²) in [5, 5.41) is 29.7. The van der Waals surface area contributed by atoms with E-state index in [0.717, 1.165) is 63.5 Å².